The number of carbonyl (C=O) groups is 1. The minimum Gasteiger partial charge on any atom is -0.493 e. The second kappa shape index (κ2) is 9.39. The Morgan fingerprint density at radius 1 is 1.06 bits per heavy atom. The van der Waals surface area contributed by atoms with Gasteiger partial charge >= 0.3 is 6.01 Å². The monoisotopic (exact) mass is 426 g/mol. The minimum atomic E-state index is -0.515. The highest BCUT2D eigenvalue weighted by Gasteiger charge is 2.18. The number of non-ortho nitro benzene ring substituents is 1. The zero-order valence-electron chi connectivity index (χ0n) is 16.8. The molecule has 1 N–H and O–H groups in total. The number of nitro benzene ring substituents is 1. The van der Waals surface area contributed by atoms with Crippen molar-refractivity contribution < 1.29 is 28.3 Å². The molecule has 0 fully saturated rings. The first kappa shape index (κ1) is 21.3. The zero-order chi connectivity index (χ0) is 22.4. The zero-order valence-corrected chi connectivity index (χ0v) is 16.8. The van der Waals surface area contributed by atoms with Crippen molar-refractivity contribution in [3.8, 4) is 28.7 Å². The van der Waals surface area contributed by atoms with Crippen LogP contribution < -0.4 is 19.5 Å². The highest BCUT2D eigenvalue weighted by molar-refractivity contribution is 6.00. The van der Waals surface area contributed by atoms with E-state index >= 15 is 0 Å². The number of aromatic nitrogens is 2. The average Bonchev–Trinajstić information content (AvgIpc) is 3.25. The summed E-state index contributed by atoms with van der Waals surface area (Å²) in [5.74, 6) is 0.851. The summed E-state index contributed by atoms with van der Waals surface area (Å²) < 4.78 is 21.4. The highest BCUT2D eigenvalue weighted by atomic mass is 16.6. The molecular formula is C20H18N4O7. The smallest absolute Gasteiger partial charge is 0.322 e. The maximum absolute atomic E-state index is 12.1. The first-order valence-corrected chi connectivity index (χ1v) is 8.82. The van der Waals surface area contributed by atoms with E-state index in [1.54, 1.807) is 12.1 Å². The van der Waals surface area contributed by atoms with Crippen molar-refractivity contribution in [1.29, 1.82) is 0 Å². The van der Waals surface area contributed by atoms with Crippen molar-refractivity contribution in [3.63, 3.8) is 0 Å². The van der Waals surface area contributed by atoms with Crippen molar-refractivity contribution in [2.24, 2.45) is 0 Å². The predicted molar refractivity (Wildman–Crippen MR) is 110 cm³/mol. The molecular weight excluding hydrogens is 408 g/mol. The summed E-state index contributed by atoms with van der Waals surface area (Å²) in [7, 11) is 4.46. The van der Waals surface area contributed by atoms with Crippen LogP contribution >= 0.6 is 0 Å². The van der Waals surface area contributed by atoms with Crippen LogP contribution in [0.1, 0.15) is 5.56 Å². The lowest BCUT2D eigenvalue weighted by Crippen LogP contribution is -2.07. The molecule has 0 aliphatic heterocycles. The summed E-state index contributed by atoms with van der Waals surface area (Å²) in [6.07, 6.45) is 2.74. The molecule has 31 heavy (non-hydrogen) atoms. The van der Waals surface area contributed by atoms with E-state index < -0.39 is 10.8 Å². The molecule has 0 spiro atoms. The molecule has 0 bridgehead atoms. The van der Waals surface area contributed by atoms with Gasteiger partial charge in [-0.15, -0.1) is 5.10 Å². The van der Waals surface area contributed by atoms with Crippen LogP contribution in [0.2, 0.25) is 0 Å². The Bertz CT molecular complexity index is 1100. The lowest BCUT2D eigenvalue weighted by molar-refractivity contribution is -0.384. The van der Waals surface area contributed by atoms with Gasteiger partial charge < -0.3 is 18.6 Å². The molecule has 11 nitrogen and oxygen atoms in total. The van der Waals surface area contributed by atoms with Crippen LogP contribution in [-0.2, 0) is 4.79 Å². The largest absolute Gasteiger partial charge is 0.493 e. The quantitative estimate of drug-likeness (QED) is 0.326. The molecule has 0 aliphatic carbocycles. The number of methoxy groups -OCH3 is 3. The molecule has 0 unspecified atom stereocenters. The Hall–Kier alpha value is -4.41. The first-order chi connectivity index (χ1) is 14.9. The third kappa shape index (κ3) is 4.96. The molecule has 0 saturated heterocycles. The van der Waals surface area contributed by atoms with Gasteiger partial charge in [-0.2, -0.15) is 0 Å². The molecule has 1 amide bonds. The van der Waals surface area contributed by atoms with E-state index in [0.29, 0.717) is 28.4 Å². The maximum Gasteiger partial charge on any atom is 0.322 e. The summed E-state index contributed by atoms with van der Waals surface area (Å²) in [5.41, 5.74) is 1.08. The van der Waals surface area contributed by atoms with Crippen LogP contribution in [0.15, 0.2) is 46.9 Å². The van der Waals surface area contributed by atoms with Crippen molar-refractivity contribution in [2.45, 2.75) is 0 Å². The number of carbonyl (C=O) groups excluding carboxylic acids is 1. The fraction of sp³-hybridized carbons (Fsp3) is 0.150. The molecule has 0 radical (unpaired) electrons. The standard InChI is InChI=1S/C20H18N4O7/c1-28-15-10-13(11-16(29-2)18(15)30-3)19-22-23-20(31-19)21-17(25)9-6-12-4-7-14(8-5-12)24(26)27/h4-11H,1-3H3,(H,21,23,25)/b9-6+. The van der Waals surface area contributed by atoms with Gasteiger partial charge in [0.2, 0.25) is 11.6 Å². The molecule has 0 aliphatic rings. The molecule has 1 heterocycles. The molecule has 3 rings (SSSR count). The van der Waals surface area contributed by atoms with E-state index in [1.165, 1.54) is 57.7 Å². The van der Waals surface area contributed by atoms with E-state index in [9.17, 15) is 14.9 Å². The summed E-state index contributed by atoms with van der Waals surface area (Å²) in [6, 6.07) is 8.90. The SMILES string of the molecule is COc1cc(-c2nnc(NC(=O)/C=C/c3ccc([N+](=O)[O-])cc3)o2)cc(OC)c1OC. The summed E-state index contributed by atoms with van der Waals surface area (Å²) in [4.78, 5) is 22.3. The summed E-state index contributed by atoms with van der Waals surface area (Å²) in [6.45, 7) is 0. The number of ether oxygens (including phenoxy) is 3. The van der Waals surface area contributed by atoms with Crippen molar-refractivity contribution in [3.05, 3.63) is 58.2 Å². The Labute approximate surface area is 176 Å². The molecule has 2 aromatic carbocycles. The van der Waals surface area contributed by atoms with Crippen LogP contribution in [0, 0.1) is 10.1 Å². The van der Waals surface area contributed by atoms with Crippen molar-refractivity contribution in [2.75, 3.05) is 26.6 Å². The van der Waals surface area contributed by atoms with Crippen LogP contribution in [0.3, 0.4) is 0 Å². The van der Waals surface area contributed by atoms with Gasteiger partial charge in [0.05, 0.1) is 26.3 Å². The molecule has 0 atom stereocenters. The van der Waals surface area contributed by atoms with E-state index in [1.807, 2.05) is 0 Å². The summed E-state index contributed by atoms with van der Waals surface area (Å²) >= 11 is 0. The number of nitrogens with one attached hydrogen (secondary N) is 1. The van der Waals surface area contributed by atoms with Gasteiger partial charge in [-0.1, -0.05) is 5.10 Å². The number of amides is 1. The van der Waals surface area contributed by atoms with E-state index in [-0.39, 0.29) is 17.6 Å². The number of nitro groups is 1. The van der Waals surface area contributed by atoms with Gasteiger partial charge in [0.1, 0.15) is 0 Å². The molecule has 1 aromatic heterocycles. The van der Waals surface area contributed by atoms with E-state index in [0.717, 1.165) is 0 Å². The lowest BCUT2D eigenvalue weighted by atomic mass is 10.2. The predicted octanol–water partition coefficient (Wildman–Crippen LogP) is 3.32. The number of rotatable bonds is 8. The maximum atomic E-state index is 12.1. The molecule has 11 heteroatoms. The topological polar surface area (TPSA) is 139 Å². The Morgan fingerprint density at radius 2 is 1.71 bits per heavy atom. The second-order valence-corrected chi connectivity index (χ2v) is 6.00. The van der Waals surface area contributed by atoms with Crippen LogP contribution in [-0.4, -0.2) is 42.4 Å². The first-order valence-electron chi connectivity index (χ1n) is 8.82. The molecule has 0 saturated carbocycles. The lowest BCUT2D eigenvalue weighted by Gasteiger charge is -2.12. The van der Waals surface area contributed by atoms with Gasteiger partial charge in [-0.05, 0) is 35.9 Å². The Morgan fingerprint density at radius 3 is 2.26 bits per heavy atom. The van der Waals surface area contributed by atoms with Crippen molar-refractivity contribution >= 4 is 23.7 Å². The number of nitrogens with zero attached hydrogens (tertiary/aromatic N) is 3. The fourth-order valence-electron chi connectivity index (χ4n) is 2.62. The van der Waals surface area contributed by atoms with Gasteiger partial charge in [0.25, 0.3) is 11.6 Å². The minimum absolute atomic E-state index is 0.0354. The Balaban J connectivity index is 1.72. The molecule has 3 aromatic rings. The van der Waals surface area contributed by atoms with Crippen molar-refractivity contribution in [1.82, 2.24) is 10.2 Å². The summed E-state index contributed by atoms with van der Waals surface area (Å²) in [5, 5.41) is 20.8. The third-order valence-electron chi connectivity index (χ3n) is 4.10. The fourth-order valence-corrected chi connectivity index (χ4v) is 2.62. The highest BCUT2D eigenvalue weighted by Crippen LogP contribution is 2.41. The number of benzene rings is 2. The van der Waals surface area contributed by atoms with Gasteiger partial charge in [0, 0.05) is 23.8 Å². The Kier molecular flexibility index (Phi) is 6.45. The normalized spacial score (nSPS) is 10.7. The van der Waals surface area contributed by atoms with Gasteiger partial charge in [-0.3, -0.25) is 20.2 Å². The second-order valence-electron chi connectivity index (χ2n) is 6.00. The number of hydrogen-bond acceptors (Lipinski definition) is 9. The van der Waals surface area contributed by atoms with Crippen LogP contribution in [0.5, 0.6) is 17.2 Å². The average molecular weight is 426 g/mol. The number of hydrogen-bond donors (Lipinski definition) is 1. The van der Waals surface area contributed by atoms with E-state index in [2.05, 4.69) is 15.5 Å². The van der Waals surface area contributed by atoms with Crippen LogP contribution in [0.25, 0.3) is 17.5 Å². The number of anilines is 1. The van der Waals surface area contributed by atoms with Gasteiger partial charge in [0.15, 0.2) is 11.5 Å². The van der Waals surface area contributed by atoms with Gasteiger partial charge in [-0.25, -0.2) is 0 Å². The third-order valence-corrected chi connectivity index (χ3v) is 4.10. The van der Waals surface area contributed by atoms with Crippen LogP contribution in [0.4, 0.5) is 11.7 Å². The van der Waals surface area contributed by atoms with E-state index in [4.69, 9.17) is 18.6 Å². The molecule has 160 valence electrons.